The quantitative estimate of drug-likeness (QED) is 0.762. The number of hydrogen-bond acceptors (Lipinski definition) is 4. The van der Waals surface area contributed by atoms with Crippen molar-refractivity contribution >= 4 is 11.9 Å². The summed E-state index contributed by atoms with van der Waals surface area (Å²) >= 11 is 0. The summed E-state index contributed by atoms with van der Waals surface area (Å²) in [5.74, 6) is -1.58. The number of ether oxygens (including phenoxy) is 1. The molecule has 0 radical (unpaired) electrons. The maximum absolute atomic E-state index is 12.7. The van der Waals surface area contributed by atoms with E-state index in [-0.39, 0.29) is 5.56 Å². The van der Waals surface area contributed by atoms with Crippen molar-refractivity contribution in [2.24, 2.45) is 0 Å². The van der Waals surface area contributed by atoms with Crippen LogP contribution >= 0.6 is 0 Å². The molecular formula is C18H19F3N2O3. The number of rotatable bonds is 4. The van der Waals surface area contributed by atoms with E-state index in [1.807, 2.05) is 0 Å². The van der Waals surface area contributed by atoms with E-state index in [0.717, 1.165) is 31.4 Å². The second-order valence-corrected chi connectivity index (χ2v) is 6.31. The number of halogens is 3. The molecule has 0 unspecified atom stereocenters. The molecule has 0 atom stereocenters. The molecule has 0 aliphatic heterocycles. The summed E-state index contributed by atoms with van der Waals surface area (Å²) < 4.78 is 42.9. The number of carbonyl (C=O) groups excluding carboxylic acids is 2. The second-order valence-electron chi connectivity index (χ2n) is 6.31. The van der Waals surface area contributed by atoms with Crippen LogP contribution in [0.25, 0.3) is 0 Å². The zero-order valence-corrected chi connectivity index (χ0v) is 14.3. The molecular weight excluding hydrogens is 349 g/mol. The predicted octanol–water partition coefficient (Wildman–Crippen LogP) is 3.55. The molecule has 0 spiro atoms. The van der Waals surface area contributed by atoms with Crippen LogP contribution in [-0.4, -0.2) is 36.0 Å². The van der Waals surface area contributed by atoms with Crippen molar-refractivity contribution in [1.29, 1.82) is 5.26 Å². The number of nitriles is 1. The van der Waals surface area contributed by atoms with Gasteiger partial charge in [-0.05, 0) is 31.0 Å². The van der Waals surface area contributed by atoms with E-state index in [0.29, 0.717) is 18.9 Å². The zero-order valence-electron chi connectivity index (χ0n) is 14.3. The fraction of sp³-hybridized carbons (Fsp3) is 0.500. The average molecular weight is 368 g/mol. The molecule has 2 rings (SSSR count). The molecule has 1 aliphatic carbocycles. The molecule has 1 saturated carbocycles. The topological polar surface area (TPSA) is 70.4 Å². The maximum Gasteiger partial charge on any atom is 0.416 e. The van der Waals surface area contributed by atoms with Crippen LogP contribution < -0.4 is 0 Å². The molecule has 5 nitrogen and oxygen atoms in total. The Hall–Kier alpha value is -2.56. The molecule has 0 bridgehead atoms. The van der Waals surface area contributed by atoms with Gasteiger partial charge in [0.05, 0.1) is 17.2 Å². The van der Waals surface area contributed by atoms with Gasteiger partial charge in [0, 0.05) is 7.05 Å². The zero-order chi connectivity index (χ0) is 19.4. The van der Waals surface area contributed by atoms with Gasteiger partial charge in [0.2, 0.25) is 0 Å². The number of benzene rings is 1. The van der Waals surface area contributed by atoms with Crippen LogP contribution in [-0.2, 0) is 15.7 Å². The van der Waals surface area contributed by atoms with Crippen molar-refractivity contribution < 1.29 is 27.5 Å². The van der Waals surface area contributed by atoms with E-state index in [1.165, 1.54) is 18.0 Å². The molecule has 0 aromatic heterocycles. The Morgan fingerprint density at radius 2 is 1.92 bits per heavy atom. The first kappa shape index (κ1) is 19.8. The lowest BCUT2D eigenvalue weighted by Crippen LogP contribution is -2.51. The van der Waals surface area contributed by atoms with Gasteiger partial charge in [0.25, 0.3) is 5.91 Å². The van der Waals surface area contributed by atoms with Crippen LogP contribution in [0.5, 0.6) is 0 Å². The SMILES string of the molecule is CN(C(=O)COC(=O)c1cccc(C(F)(F)F)c1)C1(C#N)CCCCC1. The van der Waals surface area contributed by atoms with E-state index < -0.39 is 35.8 Å². The van der Waals surface area contributed by atoms with E-state index in [2.05, 4.69) is 6.07 Å². The Morgan fingerprint density at radius 1 is 1.27 bits per heavy atom. The Labute approximate surface area is 149 Å². The molecule has 8 heteroatoms. The highest BCUT2D eigenvalue weighted by molar-refractivity contribution is 5.91. The van der Waals surface area contributed by atoms with Gasteiger partial charge in [-0.25, -0.2) is 4.79 Å². The van der Waals surface area contributed by atoms with Crippen molar-refractivity contribution in [2.75, 3.05) is 13.7 Å². The van der Waals surface area contributed by atoms with Crippen LogP contribution in [0.1, 0.15) is 48.0 Å². The van der Waals surface area contributed by atoms with Crippen LogP contribution in [0.4, 0.5) is 13.2 Å². The fourth-order valence-electron chi connectivity index (χ4n) is 3.03. The fourth-order valence-corrected chi connectivity index (χ4v) is 3.03. The van der Waals surface area contributed by atoms with Gasteiger partial charge >= 0.3 is 12.1 Å². The van der Waals surface area contributed by atoms with Crippen molar-refractivity contribution in [2.45, 2.75) is 43.8 Å². The Bertz CT molecular complexity index is 719. The first-order chi connectivity index (χ1) is 12.2. The van der Waals surface area contributed by atoms with Gasteiger partial charge in [-0.2, -0.15) is 18.4 Å². The number of carbonyl (C=O) groups is 2. The summed E-state index contributed by atoms with van der Waals surface area (Å²) in [5, 5.41) is 9.46. The van der Waals surface area contributed by atoms with Gasteiger partial charge in [0.1, 0.15) is 5.54 Å². The minimum atomic E-state index is -4.58. The normalized spacial score (nSPS) is 16.4. The minimum Gasteiger partial charge on any atom is -0.452 e. The molecule has 26 heavy (non-hydrogen) atoms. The molecule has 1 amide bonds. The summed E-state index contributed by atoms with van der Waals surface area (Å²) in [6.45, 7) is -0.630. The molecule has 1 fully saturated rings. The molecule has 0 saturated heterocycles. The third kappa shape index (κ3) is 4.34. The molecule has 0 heterocycles. The van der Waals surface area contributed by atoms with Crippen LogP contribution in [0.2, 0.25) is 0 Å². The highest BCUT2D eigenvalue weighted by Crippen LogP contribution is 2.32. The number of likely N-dealkylation sites (N-methyl/N-ethyl adjacent to an activating group) is 1. The number of amides is 1. The Kier molecular flexibility index (Phi) is 5.90. The smallest absolute Gasteiger partial charge is 0.416 e. The number of nitrogens with zero attached hydrogens (tertiary/aromatic N) is 2. The van der Waals surface area contributed by atoms with Crippen molar-refractivity contribution in [3.05, 3.63) is 35.4 Å². The molecule has 140 valence electrons. The van der Waals surface area contributed by atoms with Crippen LogP contribution in [0, 0.1) is 11.3 Å². The molecule has 1 aromatic carbocycles. The number of hydrogen-bond donors (Lipinski definition) is 0. The van der Waals surface area contributed by atoms with Gasteiger partial charge in [-0.15, -0.1) is 0 Å². The second kappa shape index (κ2) is 7.77. The van der Waals surface area contributed by atoms with Crippen molar-refractivity contribution in [1.82, 2.24) is 4.90 Å². The van der Waals surface area contributed by atoms with E-state index in [1.54, 1.807) is 0 Å². The first-order valence-corrected chi connectivity index (χ1v) is 8.22. The lowest BCUT2D eigenvalue weighted by Gasteiger charge is -2.38. The summed E-state index contributed by atoms with van der Waals surface area (Å²) in [6, 6.07) is 5.98. The summed E-state index contributed by atoms with van der Waals surface area (Å²) in [4.78, 5) is 25.5. The lowest BCUT2D eigenvalue weighted by molar-refractivity contribution is -0.139. The Morgan fingerprint density at radius 3 is 2.50 bits per heavy atom. The third-order valence-corrected chi connectivity index (χ3v) is 4.66. The summed E-state index contributed by atoms with van der Waals surface area (Å²) in [6.07, 6.45) is -0.826. The van der Waals surface area contributed by atoms with Crippen molar-refractivity contribution in [3.63, 3.8) is 0 Å². The predicted molar refractivity (Wildman–Crippen MR) is 85.9 cm³/mol. The largest absolute Gasteiger partial charge is 0.452 e. The van der Waals surface area contributed by atoms with E-state index >= 15 is 0 Å². The lowest BCUT2D eigenvalue weighted by atomic mass is 9.81. The van der Waals surface area contributed by atoms with Crippen LogP contribution in [0.15, 0.2) is 24.3 Å². The van der Waals surface area contributed by atoms with Crippen LogP contribution in [0.3, 0.4) is 0 Å². The number of alkyl halides is 3. The first-order valence-electron chi connectivity index (χ1n) is 8.22. The monoisotopic (exact) mass is 368 g/mol. The van der Waals surface area contributed by atoms with Gasteiger partial charge in [0.15, 0.2) is 6.61 Å². The minimum absolute atomic E-state index is 0.289. The van der Waals surface area contributed by atoms with Gasteiger partial charge < -0.3 is 9.64 Å². The summed E-state index contributed by atoms with van der Waals surface area (Å²) in [7, 11) is 1.48. The molecule has 1 aromatic rings. The maximum atomic E-state index is 12.7. The van der Waals surface area contributed by atoms with E-state index in [9.17, 15) is 28.0 Å². The average Bonchev–Trinajstić information content (AvgIpc) is 2.65. The highest BCUT2D eigenvalue weighted by Gasteiger charge is 2.39. The van der Waals surface area contributed by atoms with Gasteiger partial charge in [-0.1, -0.05) is 25.3 Å². The van der Waals surface area contributed by atoms with Crippen molar-refractivity contribution in [3.8, 4) is 6.07 Å². The highest BCUT2D eigenvalue weighted by atomic mass is 19.4. The standard InChI is InChI=1S/C18H19F3N2O3/c1-23(17(12-22)8-3-2-4-9-17)15(24)11-26-16(25)13-6-5-7-14(10-13)18(19,20)21/h5-7,10H,2-4,8-9,11H2,1H3. The van der Waals surface area contributed by atoms with Gasteiger partial charge in [-0.3, -0.25) is 4.79 Å². The third-order valence-electron chi connectivity index (χ3n) is 4.66. The summed E-state index contributed by atoms with van der Waals surface area (Å²) in [5.41, 5.74) is -2.18. The Balaban J connectivity index is 2.01. The molecule has 1 aliphatic rings. The van der Waals surface area contributed by atoms with E-state index in [4.69, 9.17) is 4.74 Å². The number of esters is 1. The molecule has 0 N–H and O–H groups in total.